The maximum atomic E-state index is 6.56. The standard InChI is InChI=1S/C26H46N2O3/c1-5-7-11-19-27(3)25-17-13-21-29-22-14-18-26(28(4)20-12-8-6-2)31-24-16-10-9-15-23(24)30-25/h9-10,15-16,25-26H,5-8,11-14,17-22H2,1-4H3. The summed E-state index contributed by atoms with van der Waals surface area (Å²) < 4.78 is 19.0. The fourth-order valence-corrected chi connectivity index (χ4v) is 4.01. The van der Waals surface area contributed by atoms with Gasteiger partial charge in [0.25, 0.3) is 0 Å². The predicted octanol–water partition coefficient (Wildman–Crippen LogP) is 5.93. The molecule has 0 spiro atoms. The highest BCUT2D eigenvalue weighted by Gasteiger charge is 2.22. The van der Waals surface area contributed by atoms with Crippen LogP contribution in [0.1, 0.15) is 78.1 Å². The minimum atomic E-state index is 0.0340. The topological polar surface area (TPSA) is 34.2 Å². The quantitative estimate of drug-likeness (QED) is 0.426. The molecule has 1 heterocycles. The summed E-state index contributed by atoms with van der Waals surface area (Å²) in [5.74, 6) is 1.70. The van der Waals surface area contributed by atoms with Crippen LogP contribution in [0.3, 0.4) is 0 Å². The predicted molar refractivity (Wildman–Crippen MR) is 129 cm³/mol. The Labute approximate surface area is 191 Å². The van der Waals surface area contributed by atoms with Crippen molar-refractivity contribution < 1.29 is 14.2 Å². The Hall–Kier alpha value is -1.30. The molecule has 0 fully saturated rings. The van der Waals surface area contributed by atoms with E-state index in [1.54, 1.807) is 0 Å². The second-order valence-corrected chi connectivity index (χ2v) is 8.86. The molecule has 0 aromatic heterocycles. The Morgan fingerprint density at radius 1 is 0.742 bits per heavy atom. The zero-order valence-corrected chi connectivity index (χ0v) is 20.5. The molecule has 0 saturated carbocycles. The third-order valence-electron chi connectivity index (χ3n) is 6.07. The molecule has 5 heteroatoms. The van der Waals surface area contributed by atoms with Gasteiger partial charge in [-0.3, -0.25) is 9.80 Å². The fourth-order valence-electron chi connectivity index (χ4n) is 4.01. The van der Waals surface area contributed by atoms with Gasteiger partial charge < -0.3 is 14.2 Å². The van der Waals surface area contributed by atoms with Crippen molar-refractivity contribution in [1.29, 1.82) is 0 Å². The number of nitrogens with zero attached hydrogens (tertiary/aromatic N) is 2. The van der Waals surface area contributed by atoms with Crippen molar-refractivity contribution in [2.24, 2.45) is 0 Å². The van der Waals surface area contributed by atoms with Gasteiger partial charge in [-0.05, 0) is 51.9 Å². The van der Waals surface area contributed by atoms with Crippen LogP contribution in [0.4, 0.5) is 0 Å². The maximum absolute atomic E-state index is 6.56. The molecule has 0 amide bonds. The van der Waals surface area contributed by atoms with Crippen LogP contribution in [0.15, 0.2) is 24.3 Å². The van der Waals surface area contributed by atoms with Gasteiger partial charge in [-0.1, -0.05) is 51.7 Å². The first-order chi connectivity index (χ1) is 15.2. The minimum absolute atomic E-state index is 0.0340. The minimum Gasteiger partial charge on any atom is -0.471 e. The van der Waals surface area contributed by atoms with Crippen molar-refractivity contribution >= 4 is 0 Å². The van der Waals surface area contributed by atoms with Crippen molar-refractivity contribution in [3.8, 4) is 11.5 Å². The number of para-hydroxylation sites is 2. The molecule has 0 radical (unpaired) electrons. The van der Waals surface area contributed by atoms with E-state index in [1.807, 2.05) is 24.3 Å². The van der Waals surface area contributed by atoms with Crippen molar-refractivity contribution in [1.82, 2.24) is 9.80 Å². The molecule has 0 bridgehead atoms. The second kappa shape index (κ2) is 15.5. The van der Waals surface area contributed by atoms with Crippen LogP contribution in [0.25, 0.3) is 0 Å². The molecule has 1 aliphatic rings. The lowest BCUT2D eigenvalue weighted by Gasteiger charge is -2.31. The molecule has 0 N–H and O–H groups in total. The van der Waals surface area contributed by atoms with Gasteiger partial charge in [0, 0.05) is 39.1 Å². The van der Waals surface area contributed by atoms with Gasteiger partial charge in [-0.25, -0.2) is 0 Å². The largest absolute Gasteiger partial charge is 0.471 e. The van der Waals surface area contributed by atoms with E-state index in [0.717, 1.165) is 63.5 Å². The van der Waals surface area contributed by atoms with E-state index in [2.05, 4.69) is 37.7 Å². The fraction of sp³-hybridized carbons (Fsp3) is 0.769. The zero-order valence-electron chi connectivity index (χ0n) is 20.5. The van der Waals surface area contributed by atoms with Gasteiger partial charge in [0.1, 0.15) is 0 Å². The van der Waals surface area contributed by atoms with Crippen molar-refractivity contribution in [3.63, 3.8) is 0 Å². The van der Waals surface area contributed by atoms with E-state index in [1.165, 1.54) is 38.5 Å². The molecule has 31 heavy (non-hydrogen) atoms. The summed E-state index contributed by atoms with van der Waals surface area (Å²) in [6, 6.07) is 8.17. The number of unbranched alkanes of at least 4 members (excludes halogenated alkanes) is 4. The third-order valence-corrected chi connectivity index (χ3v) is 6.07. The number of hydrogen-bond acceptors (Lipinski definition) is 5. The van der Waals surface area contributed by atoms with Gasteiger partial charge in [-0.2, -0.15) is 0 Å². The lowest BCUT2D eigenvalue weighted by molar-refractivity contribution is 0.0155. The molecule has 1 aromatic carbocycles. The van der Waals surface area contributed by atoms with E-state index in [9.17, 15) is 0 Å². The molecule has 2 atom stereocenters. The Bertz CT molecular complexity index is 535. The first-order valence-corrected chi connectivity index (χ1v) is 12.6. The SMILES string of the molecule is CCCCCN(C)C1CCCOCCCC(N(C)CCCCC)Oc2ccccc2O1. The Morgan fingerprint density at radius 3 is 1.61 bits per heavy atom. The van der Waals surface area contributed by atoms with E-state index in [-0.39, 0.29) is 12.5 Å². The van der Waals surface area contributed by atoms with Crippen LogP contribution in [0.5, 0.6) is 11.5 Å². The number of benzene rings is 1. The van der Waals surface area contributed by atoms with E-state index in [0.29, 0.717) is 0 Å². The Balaban J connectivity index is 2.14. The molecule has 0 aliphatic carbocycles. The lowest BCUT2D eigenvalue weighted by Crippen LogP contribution is -2.38. The van der Waals surface area contributed by atoms with Crippen molar-refractivity contribution in [3.05, 3.63) is 24.3 Å². The average molecular weight is 435 g/mol. The van der Waals surface area contributed by atoms with Gasteiger partial charge >= 0.3 is 0 Å². The summed E-state index contributed by atoms with van der Waals surface area (Å²) in [6.07, 6.45) is 11.4. The average Bonchev–Trinajstić information content (AvgIpc) is 2.79. The molecule has 1 aromatic rings. The van der Waals surface area contributed by atoms with Crippen LogP contribution in [0.2, 0.25) is 0 Å². The van der Waals surface area contributed by atoms with Crippen LogP contribution in [-0.4, -0.2) is 62.7 Å². The lowest BCUT2D eigenvalue weighted by atomic mass is 10.2. The molecule has 2 rings (SSSR count). The van der Waals surface area contributed by atoms with Gasteiger partial charge in [0.2, 0.25) is 0 Å². The van der Waals surface area contributed by atoms with Gasteiger partial charge in [0.05, 0.1) is 0 Å². The molecular formula is C26H46N2O3. The van der Waals surface area contributed by atoms with Gasteiger partial charge in [-0.15, -0.1) is 0 Å². The van der Waals surface area contributed by atoms with Crippen LogP contribution in [0, 0.1) is 0 Å². The molecule has 5 nitrogen and oxygen atoms in total. The summed E-state index contributed by atoms with van der Waals surface area (Å²) in [5.41, 5.74) is 0. The smallest absolute Gasteiger partial charge is 0.163 e. The number of rotatable bonds is 10. The summed E-state index contributed by atoms with van der Waals surface area (Å²) >= 11 is 0. The highest BCUT2D eigenvalue weighted by molar-refractivity contribution is 5.39. The first-order valence-electron chi connectivity index (χ1n) is 12.6. The highest BCUT2D eigenvalue weighted by Crippen LogP contribution is 2.31. The van der Waals surface area contributed by atoms with Crippen molar-refractivity contribution in [2.75, 3.05) is 40.4 Å². The van der Waals surface area contributed by atoms with Crippen molar-refractivity contribution in [2.45, 2.75) is 90.5 Å². The normalized spacial score (nSPS) is 20.8. The first kappa shape index (κ1) is 26.0. The number of fused-ring (bicyclic) bond motifs is 1. The van der Waals surface area contributed by atoms with Gasteiger partial charge in [0.15, 0.2) is 24.0 Å². The Kier molecular flexibility index (Phi) is 13.0. The zero-order chi connectivity index (χ0) is 22.3. The van der Waals surface area contributed by atoms with Crippen LogP contribution < -0.4 is 9.47 Å². The Morgan fingerprint density at radius 2 is 1.19 bits per heavy atom. The summed E-state index contributed by atoms with van der Waals surface area (Å²) in [7, 11) is 4.35. The highest BCUT2D eigenvalue weighted by atomic mass is 16.5. The molecule has 0 saturated heterocycles. The monoisotopic (exact) mass is 434 g/mol. The van der Waals surface area contributed by atoms with Crippen LogP contribution >= 0.6 is 0 Å². The number of ether oxygens (including phenoxy) is 3. The second-order valence-electron chi connectivity index (χ2n) is 8.86. The van der Waals surface area contributed by atoms with E-state index < -0.39 is 0 Å². The van der Waals surface area contributed by atoms with E-state index in [4.69, 9.17) is 14.2 Å². The summed E-state index contributed by atoms with van der Waals surface area (Å²) in [5, 5.41) is 0. The van der Waals surface area contributed by atoms with Crippen LogP contribution in [-0.2, 0) is 4.74 Å². The molecule has 2 unspecified atom stereocenters. The molecule has 178 valence electrons. The third kappa shape index (κ3) is 9.80. The van der Waals surface area contributed by atoms with E-state index >= 15 is 0 Å². The maximum Gasteiger partial charge on any atom is 0.163 e. The number of hydrogen-bond donors (Lipinski definition) is 0. The molecule has 1 aliphatic heterocycles. The molecular weight excluding hydrogens is 388 g/mol. The summed E-state index contributed by atoms with van der Waals surface area (Å²) in [6.45, 7) is 8.17. The summed E-state index contributed by atoms with van der Waals surface area (Å²) in [4.78, 5) is 4.70.